The van der Waals surface area contributed by atoms with E-state index in [4.69, 9.17) is 0 Å². The maximum absolute atomic E-state index is 12.1. The van der Waals surface area contributed by atoms with Crippen molar-refractivity contribution < 1.29 is 18.3 Å². The Bertz CT molecular complexity index is 444. The molecule has 0 aromatic heterocycles. The van der Waals surface area contributed by atoms with Crippen molar-refractivity contribution >= 4 is 15.9 Å². The van der Waals surface area contributed by atoms with E-state index in [0.29, 0.717) is 32.6 Å². The lowest BCUT2D eigenvalue weighted by atomic mass is 10.2. The Morgan fingerprint density at radius 3 is 2.35 bits per heavy atom. The van der Waals surface area contributed by atoms with Gasteiger partial charge in [0, 0.05) is 39.3 Å². The fourth-order valence-corrected chi connectivity index (χ4v) is 4.14. The average molecular weight is 305 g/mol. The SMILES string of the molecule is C[C@@H](O)CN1CCN(C(=O)CN2CCCS2(=O)=O)CC1. The van der Waals surface area contributed by atoms with Crippen LogP contribution in [0.25, 0.3) is 0 Å². The summed E-state index contributed by atoms with van der Waals surface area (Å²) in [5.41, 5.74) is 0. The molecule has 2 rings (SSSR count). The number of aliphatic hydroxyl groups excluding tert-OH is 1. The van der Waals surface area contributed by atoms with Gasteiger partial charge in [-0.25, -0.2) is 8.42 Å². The van der Waals surface area contributed by atoms with Crippen LogP contribution in [-0.2, 0) is 14.8 Å². The fraction of sp³-hybridized carbons (Fsp3) is 0.917. The zero-order valence-electron chi connectivity index (χ0n) is 11.9. The predicted molar refractivity (Wildman–Crippen MR) is 74.7 cm³/mol. The quantitative estimate of drug-likeness (QED) is 0.687. The summed E-state index contributed by atoms with van der Waals surface area (Å²) in [4.78, 5) is 15.9. The number of amides is 1. The first kappa shape index (κ1) is 15.7. The molecular formula is C12H23N3O4S. The number of piperazine rings is 1. The van der Waals surface area contributed by atoms with E-state index in [1.807, 2.05) is 0 Å². The number of sulfonamides is 1. The van der Waals surface area contributed by atoms with Gasteiger partial charge in [0.15, 0.2) is 0 Å². The summed E-state index contributed by atoms with van der Waals surface area (Å²) in [7, 11) is -3.21. The molecule has 0 bridgehead atoms. The lowest BCUT2D eigenvalue weighted by Crippen LogP contribution is -2.52. The monoisotopic (exact) mass is 305 g/mol. The summed E-state index contributed by atoms with van der Waals surface area (Å²) < 4.78 is 24.6. The van der Waals surface area contributed by atoms with Gasteiger partial charge in [0.2, 0.25) is 15.9 Å². The van der Waals surface area contributed by atoms with Gasteiger partial charge in [-0.2, -0.15) is 4.31 Å². The number of β-amino-alcohol motifs (C(OH)–C–C–N with tert-alkyl or cyclic N) is 1. The molecule has 0 aromatic carbocycles. The Labute approximate surface area is 120 Å². The van der Waals surface area contributed by atoms with Gasteiger partial charge >= 0.3 is 0 Å². The van der Waals surface area contributed by atoms with E-state index in [9.17, 15) is 18.3 Å². The summed E-state index contributed by atoms with van der Waals surface area (Å²) in [5, 5.41) is 9.33. The Hall–Kier alpha value is -0.700. The summed E-state index contributed by atoms with van der Waals surface area (Å²) in [5.74, 6) is 0.0368. The lowest BCUT2D eigenvalue weighted by molar-refractivity contribution is -0.133. The number of hydrogen-bond donors (Lipinski definition) is 1. The molecule has 0 radical (unpaired) electrons. The summed E-state index contributed by atoms with van der Waals surface area (Å²) in [6.07, 6.45) is 0.240. The van der Waals surface area contributed by atoms with E-state index >= 15 is 0 Å². The van der Waals surface area contributed by atoms with Crippen LogP contribution in [-0.4, -0.2) is 91.2 Å². The van der Waals surface area contributed by atoms with E-state index in [1.54, 1.807) is 11.8 Å². The van der Waals surface area contributed by atoms with Crippen molar-refractivity contribution in [2.75, 3.05) is 51.6 Å². The number of carbonyl (C=O) groups is 1. The molecule has 1 N–H and O–H groups in total. The van der Waals surface area contributed by atoms with Gasteiger partial charge in [0.25, 0.3) is 0 Å². The lowest BCUT2D eigenvalue weighted by Gasteiger charge is -2.35. The number of hydrogen-bond acceptors (Lipinski definition) is 5. The summed E-state index contributed by atoms with van der Waals surface area (Å²) in [6.45, 7) is 5.43. The van der Waals surface area contributed by atoms with Crippen LogP contribution in [0.1, 0.15) is 13.3 Å². The smallest absolute Gasteiger partial charge is 0.237 e. The van der Waals surface area contributed by atoms with Crippen LogP contribution in [0.5, 0.6) is 0 Å². The summed E-state index contributed by atoms with van der Waals surface area (Å²) in [6, 6.07) is 0. The second-order valence-corrected chi connectivity index (χ2v) is 7.62. The molecule has 0 spiro atoms. The molecule has 1 atom stereocenters. The minimum absolute atomic E-state index is 0.0290. The van der Waals surface area contributed by atoms with E-state index in [2.05, 4.69) is 4.90 Å². The molecule has 2 aliphatic heterocycles. The van der Waals surface area contributed by atoms with Crippen LogP contribution in [0, 0.1) is 0 Å². The zero-order chi connectivity index (χ0) is 14.8. The van der Waals surface area contributed by atoms with Gasteiger partial charge in [0.05, 0.1) is 18.4 Å². The Kier molecular flexibility index (Phi) is 5.00. The second-order valence-electron chi connectivity index (χ2n) is 5.53. The molecule has 0 aromatic rings. The van der Waals surface area contributed by atoms with Crippen LogP contribution in [0.2, 0.25) is 0 Å². The maximum Gasteiger partial charge on any atom is 0.237 e. The van der Waals surface area contributed by atoms with Gasteiger partial charge in [-0.05, 0) is 13.3 Å². The van der Waals surface area contributed by atoms with Gasteiger partial charge in [-0.3, -0.25) is 9.69 Å². The van der Waals surface area contributed by atoms with Crippen molar-refractivity contribution in [2.24, 2.45) is 0 Å². The Balaban J connectivity index is 1.80. The van der Waals surface area contributed by atoms with Crippen LogP contribution < -0.4 is 0 Å². The van der Waals surface area contributed by atoms with Crippen LogP contribution in [0.4, 0.5) is 0 Å². The normalized spacial score (nSPS) is 25.8. The first-order chi connectivity index (χ1) is 9.38. The zero-order valence-corrected chi connectivity index (χ0v) is 12.7. The third-order valence-electron chi connectivity index (χ3n) is 3.76. The molecule has 7 nitrogen and oxygen atoms in total. The van der Waals surface area contributed by atoms with Crippen LogP contribution in [0.3, 0.4) is 0 Å². The van der Waals surface area contributed by atoms with Gasteiger partial charge < -0.3 is 10.0 Å². The number of carbonyl (C=O) groups excluding carboxylic acids is 1. The molecule has 0 unspecified atom stereocenters. The Morgan fingerprint density at radius 2 is 1.85 bits per heavy atom. The summed E-state index contributed by atoms with van der Waals surface area (Å²) >= 11 is 0. The van der Waals surface area contributed by atoms with Crippen molar-refractivity contribution in [3.8, 4) is 0 Å². The average Bonchev–Trinajstić information content (AvgIpc) is 2.69. The molecule has 2 aliphatic rings. The van der Waals surface area contributed by atoms with Crippen molar-refractivity contribution in [3.05, 3.63) is 0 Å². The standard InChI is InChI=1S/C12H23N3O4S/c1-11(16)9-13-4-6-14(7-5-13)12(17)10-15-3-2-8-20(15,18)19/h11,16H,2-10H2,1H3/t11-/m1/s1. The van der Waals surface area contributed by atoms with Crippen LogP contribution >= 0.6 is 0 Å². The number of aliphatic hydroxyl groups is 1. The largest absolute Gasteiger partial charge is 0.392 e. The Morgan fingerprint density at radius 1 is 1.20 bits per heavy atom. The molecule has 20 heavy (non-hydrogen) atoms. The van der Waals surface area contributed by atoms with E-state index in [0.717, 1.165) is 13.1 Å². The molecule has 0 aliphatic carbocycles. The molecule has 8 heteroatoms. The predicted octanol–water partition coefficient (Wildman–Crippen LogP) is -1.45. The molecule has 1 amide bonds. The van der Waals surface area contributed by atoms with E-state index in [-0.39, 0.29) is 24.3 Å². The van der Waals surface area contributed by atoms with Gasteiger partial charge in [0.1, 0.15) is 0 Å². The molecule has 2 heterocycles. The fourth-order valence-electron chi connectivity index (χ4n) is 2.67. The van der Waals surface area contributed by atoms with Crippen LogP contribution in [0.15, 0.2) is 0 Å². The third-order valence-corrected chi connectivity index (χ3v) is 5.67. The van der Waals surface area contributed by atoms with E-state index in [1.165, 1.54) is 4.31 Å². The second kappa shape index (κ2) is 6.38. The minimum Gasteiger partial charge on any atom is -0.392 e. The highest BCUT2D eigenvalue weighted by atomic mass is 32.2. The minimum atomic E-state index is -3.21. The third kappa shape index (κ3) is 3.91. The van der Waals surface area contributed by atoms with Crippen molar-refractivity contribution in [2.45, 2.75) is 19.4 Å². The number of nitrogens with zero attached hydrogens (tertiary/aromatic N) is 3. The highest BCUT2D eigenvalue weighted by molar-refractivity contribution is 7.89. The van der Waals surface area contributed by atoms with E-state index < -0.39 is 10.0 Å². The maximum atomic E-state index is 12.1. The van der Waals surface area contributed by atoms with Crippen molar-refractivity contribution in [1.82, 2.24) is 14.1 Å². The first-order valence-electron chi connectivity index (χ1n) is 7.04. The molecule has 2 fully saturated rings. The topological polar surface area (TPSA) is 81.2 Å². The highest BCUT2D eigenvalue weighted by Crippen LogP contribution is 2.13. The molecule has 2 saturated heterocycles. The number of rotatable bonds is 4. The molecule has 0 saturated carbocycles. The van der Waals surface area contributed by atoms with Crippen molar-refractivity contribution in [1.29, 1.82) is 0 Å². The molecular weight excluding hydrogens is 282 g/mol. The first-order valence-corrected chi connectivity index (χ1v) is 8.65. The van der Waals surface area contributed by atoms with Gasteiger partial charge in [-0.15, -0.1) is 0 Å². The highest BCUT2D eigenvalue weighted by Gasteiger charge is 2.32. The van der Waals surface area contributed by atoms with Crippen molar-refractivity contribution in [3.63, 3.8) is 0 Å². The molecule has 116 valence electrons. The van der Waals surface area contributed by atoms with Gasteiger partial charge in [-0.1, -0.05) is 0 Å².